The molecule has 1 saturated heterocycles. The number of nitrogens with zero attached hydrogens (tertiary/aromatic N) is 4. The second-order valence-electron chi connectivity index (χ2n) is 4.85. The largest absolute Gasteiger partial charge is 0.485 e. The fourth-order valence-electron chi connectivity index (χ4n) is 2.22. The highest BCUT2D eigenvalue weighted by atomic mass is 16.5. The Balaban J connectivity index is 1.69. The van der Waals surface area contributed by atoms with Crippen LogP contribution in [0.4, 0.5) is 0 Å². The van der Waals surface area contributed by atoms with Crippen LogP contribution in [-0.2, 0) is 4.74 Å². The van der Waals surface area contributed by atoms with Crippen LogP contribution in [-0.4, -0.2) is 58.2 Å². The number of carbonyl (C=O) groups excluding carboxylic acids is 1. The molecule has 3 rings (SSSR count). The van der Waals surface area contributed by atoms with Crippen molar-refractivity contribution in [1.29, 1.82) is 0 Å². The molecule has 0 aromatic carbocycles. The van der Waals surface area contributed by atoms with Gasteiger partial charge in [-0.05, 0) is 12.1 Å². The molecule has 0 N–H and O–H groups in total. The lowest BCUT2D eigenvalue weighted by Crippen LogP contribution is -2.40. The molecule has 1 atom stereocenters. The van der Waals surface area contributed by atoms with Crippen LogP contribution in [0.2, 0.25) is 0 Å². The van der Waals surface area contributed by atoms with Crippen LogP contribution in [0.15, 0.2) is 43.1 Å². The van der Waals surface area contributed by atoms with Crippen LogP contribution >= 0.6 is 0 Å². The molecule has 0 aliphatic carbocycles. The Morgan fingerprint density at radius 2 is 2.18 bits per heavy atom. The smallest absolute Gasteiger partial charge is 0.274 e. The van der Waals surface area contributed by atoms with Crippen LogP contribution < -0.4 is 4.74 Å². The zero-order valence-corrected chi connectivity index (χ0v) is 12.0. The molecule has 2 aromatic heterocycles. The van der Waals surface area contributed by atoms with E-state index in [1.54, 1.807) is 23.4 Å². The molecular formula is C15H16N4O3. The third-order valence-electron chi connectivity index (χ3n) is 3.24. The van der Waals surface area contributed by atoms with Gasteiger partial charge < -0.3 is 14.4 Å². The maximum atomic E-state index is 12.5. The molecule has 1 aliphatic rings. The van der Waals surface area contributed by atoms with E-state index in [2.05, 4.69) is 15.0 Å². The molecule has 2 aromatic rings. The van der Waals surface area contributed by atoms with Gasteiger partial charge in [0.15, 0.2) is 0 Å². The summed E-state index contributed by atoms with van der Waals surface area (Å²) in [5.74, 6) is 0.489. The number of rotatable bonds is 3. The van der Waals surface area contributed by atoms with Crippen molar-refractivity contribution in [3.63, 3.8) is 0 Å². The third-order valence-corrected chi connectivity index (χ3v) is 3.24. The third kappa shape index (κ3) is 3.56. The Labute approximate surface area is 127 Å². The lowest BCUT2D eigenvalue weighted by Gasteiger charge is -2.23. The summed E-state index contributed by atoms with van der Waals surface area (Å²) >= 11 is 0. The highest BCUT2D eigenvalue weighted by molar-refractivity contribution is 5.92. The van der Waals surface area contributed by atoms with Gasteiger partial charge in [0.1, 0.15) is 17.5 Å². The number of aromatic nitrogens is 3. The van der Waals surface area contributed by atoms with Gasteiger partial charge in [0.05, 0.1) is 32.2 Å². The molecule has 0 radical (unpaired) electrons. The van der Waals surface area contributed by atoms with Crippen molar-refractivity contribution in [3.05, 3.63) is 48.8 Å². The summed E-state index contributed by atoms with van der Waals surface area (Å²) in [7, 11) is 0. The van der Waals surface area contributed by atoms with Gasteiger partial charge in [0.2, 0.25) is 0 Å². The first-order chi connectivity index (χ1) is 10.8. The SMILES string of the molecule is O=C(c1cnccn1)N1CCOC[C@H](Oc2cccnc2)C1. The summed E-state index contributed by atoms with van der Waals surface area (Å²) in [6, 6.07) is 3.63. The van der Waals surface area contributed by atoms with E-state index in [-0.39, 0.29) is 12.0 Å². The molecule has 1 amide bonds. The number of ether oxygens (including phenoxy) is 2. The lowest BCUT2D eigenvalue weighted by molar-refractivity contribution is 0.0647. The molecule has 7 nitrogen and oxygen atoms in total. The van der Waals surface area contributed by atoms with E-state index in [0.29, 0.717) is 37.7 Å². The Kier molecular flexibility index (Phi) is 4.55. The Hall–Kier alpha value is -2.54. The van der Waals surface area contributed by atoms with E-state index in [1.807, 2.05) is 6.07 Å². The van der Waals surface area contributed by atoms with Crippen LogP contribution in [0.5, 0.6) is 5.75 Å². The second kappa shape index (κ2) is 6.95. The minimum Gasteiger partial charge on any atom is -0.485 e. The zero-order valence-electron chi connectivity index (χ0n) is 12.0. The summed E-state index contributed by atoms with van der Waals surface area (Å²) in [6.07, 6.45) is 7.58. The summed E-state index contributed by atoms with van der Waals surface area (Å²) in [5, 5.41) is 0. The van der Waals surface area contributed by atoms with Gasteiger partial charge in [-0.25, -0.2) is 4.98 Å². The molecule has 0 spiro atoms. The maximum Gasteiger partial charge on any atom is 0.274 e. The van der Waals surface area contributed by atoms with Crippen LogP contribution in [0.1, 0.15) is 10.5 Å². The van der Waals surface area contributed by atoms with Gasteiger partial charge >= 0.3 is 0 Å². The molecule has 3 heterocycles. The highest BCUT2D eigenvalue weighted by Gasteiger charge is 2.25. The second-order valence-corrected chi connectivity index (χ2v) is 4.85. The molecule has 0 bridgehead atoms. The minimum atomic E-state index is -0.243. The normalized spacial score (nSPS) is 18.5. The average molecular weight is 300 g/mol. The van der Waals surface area contributed by atoms with Gasteiger partial charge in [-0.3, -0.25) is 14.8 Å². The number of pyridine rings is 1. The first-order valence-electron chi connectivity index (χ1n) is 7.02. The molecule has 0 unspecified atom stereocenters. The predicted molar refractivity (Wildman–Crippen MR) is 77.4 cm³/mol. The van der Waals surface area contributed by atoms with Crippen molar-refractivity contribution in [2.24, 2.45) is 0 Å². The van der Waals surface area contributed by atoms with Crippen molar-refractivity contribution >= 4 is 5.91 Å². The molecule has 1 aliphatic heterocycles. The monoisotopic (exact) mass is 300 g/mol. The first kappa shape index (κ1) is 14.4. The average Bonchev–Trinajstić information content (AvgIpc) is 2.81. The van der Waals surface area contributed by atoms with Crippen LogP contribution in [0.3, 0.4) is 0 Å². The van der Waals surface area contributed by atoms with E-state index in [9.17, 15) is 4.79 Å². The van der Waals surface area contributed by atoms with E-state index >= 15 is 0 Å². The number of hydrogen-bond donors (Lipinski definition) is 0. The summed E-state index contributed by atoms with van der Waals surface area (Å²) in [5.41, 5.74) is 0.324. The van der Waals surface area contributed by atoms with Crippen molar-refractivity contribution in [1.82, 2.24) is 19.9 Å². The fourth-order valence-corrected chi connectivity index (χ4v) is 2.22. The number of hydrogen-bond acceptors (Lipinski definition) is 6. The predicted octanol–water partition coefficient (Wildman–Crippen LogP) is 0.792. The molecule has 0 saturated carbocycles. The topological polar surface area (TPSA) is 77.4 Å². The van der Waals surface area contributed by atoms with Crippen molar-refractivity contribution in [2.45, 2.75) is 6.10 Å². The van der Waals surface area contributed by atoms with E-state index in [4.69, 9.17) is 9.47 Å². The Bertz CT molecular complexity index is 609. The molecule has 22 heavy (non-hydrogen) atoms. The minimum absolute atomic E-state index is 0.168. The number of amides is 1. The molecule has 7 heteroatoms. The number of carbonyl (C=O) groups is 1. The summed E-state index contributed by atoms with van der Waals surface area (Å²) in [6.45, 7) is 1.84. The lowest BCUT2D eigenvalue weighted by atomic mass is 10.3. The van der Waals surface area contributed by atoms with E-state index in [0.717, 1.165) is 0 Å². The van der Waals surface area contributed by atoms with Crippen molar-refractivity contribution in [3.8, 4) is 5.75 Å². The van der Waals surface area contributed by atoms with Gasteiger partial charge in [0, 0.05) is 25.1 Å². The van der Waals surface area contributed by atoms with Gasteiger partial charge in [-0.2, -0.15) is 0 Å². The summed E-state index contributed by atoms with van der Waals surface area (Å²) in [4.78, 5) is 26.1. The Morgan fingerprint density at radius 1 is 1.27 bits per heavy atom. The summed E-state index contributed by atoms with van der Waals surface area (Å²) < 4.78 is 11.4. The highest BCUT2D eigenvalue weighted by Crippen LogP contribution is 2.13. The molecule has 1 fully saturated rings. The molecule has 114 valence electrons. The maximum absolute atomic E-state index is 12.5. The van der Waals surface area contributed by atoms with Gasteiger partial charge in [-0.15, -0.1) is 0 Å². The zero-order chi connectivity index (χ0) is 15.2. The van der Waals surface area contributed by atoms with Crippen LogP contribution in [0, 0.1) is 0 Å². The fraction of sp³-hybridized carbons (Fsp3) is 0.333. The van der Waals surface area contributed by atoms with Crippen molar-refractivity contribution < 1.29 is 14.3 Å². The van der Waals surface area contributed by atoms with Gasteiger partial charge in [0.25, 0.3) is 5.91 Å². The Morgan fingerprint density at radius 3 is 2.95 bits per heavy atom. The van der Waals surface area contributed by atoms with E-state index in [1.165, 1.54) is 18.6 Å². The quantitative estimate of drug-likeness (QED) is 0.834. The van der Waals surface area contributed by atoms with Crippen LogP contribution in [0.25, 0.3) is 0 Å². The molecular weight excluding hydrogens is 284 g/mol. The van der Waals surface area contributed by atoms with E-state index < -0.39 is 0 Å². The van der Waals surface area contributed by atoms with Crippen molar-refractivity contribution in [2.75, 3.05) is 26.3 Å². The standard InChI is InChI=1S/C15H16N4O3/c20-15(14-9-17-4-5-18-14)19-6-7-21-11-13(10-19)22-12-2-1-3-16-8-12/h1-5,8-9,13H,6-7,10-11H2/t13-/m1/s1. The van der Waals surface area contributed by atoms with Gasteiger partial charge in [-0.1, -0.05) is 0 Å². The first-order valence-corrected chi connectivity index (χ1v) is 7.02.